The Morgan fingerprint density at radius 3 is 2.58 bits per heavy atom. The minimum absolute atomic E-state index is 0.00681. The maximum absolute atomic E-state index is 12.4. The summed E-state index contributed by atoms with van der Waals surface area (Å²) in [4.78, 5) is 23.8. The molecule has 1 unspecified atom stereocenters. The van der Waals surface area contributed by atoms with Crippen LogP contribution in [0.4, 0.5) is 0 Å². The molecule has 0 radical (unpaired) electrons. The van der Waals surface area contributed by atoms with Gasteiger partial charge in [-0.3, -0.25) is 9.59 Å². The van der Waals surface area contributed by atoms with E-state index in [1.807, 2.05) is 20.8 Å². The maximum Gasteiger partial charge on any atom is 0.306 e. The van der Waals surface area contributed by atoms with E-state index in [0.29, 0.717) is 22.9 Å². The monoisotopic (exact) mass is 385 g/mol. The van der Waals surface area contributed by atoms with Gasteiger partial charge in [0.25, 0.3) is 0 Å². The lowest BCUT2D eigenvalue weighted by molar-refractivity contribution is -0.143. The Labute approximate surface area is 159 Å². The lowest BCUT2D eigenvalue weighted by atomic mass is 10.1. The molecule has 0 saturated carbocycles. The molecule has 6 nitrogen and oxygen atoms in total. The number of hydrogen-bond acceptors (Lipinski definition) is 6. The van der Waals surface area contributed by atoms with Crippen LogP contribution in [0.3, 0.4) is 0 Å². The van der Waals surface area contributed by atoms with Gasteiger partial charge in [-0.25, -0.2) is 0 Å². The summed E-state index contributed by atoms with van der Waals surface area (Å²) in [6, 6.07) is 4.68. The van der Waals surface area contributed by atoms with Crippen LogP contribution in [-0.4, -0.2) is 48.3 Å². The second-order valence-corrected chi connectivity index (χ2v) is 7.40. The van der Waals surface area contributed by atoms with Crippen LogP contribution < -0.4 is 10.1 Å². The molecule has 1 aromatic rings. The van der Waals surface area contributed by atoms with E-state index < -0.39 is 12.1 Å². The summed E-state index contributed by atoms with van der Waals surface area (Å²) >= 11 is 5.99. The van der Waals surface area contributed by atoms with Crippen molar-refractivity contribution in [1.29, 1.82) is 0 Å². The van der Waals surface area contributed by atoms with Crippen molar-refractivity contribution in [3.63, 3.8) is 0 Å². The molecule has 1 rings (SSSR count). The summed E-state index contributed by atoms with van der Waals surface area (Å²) in [5.74, 6) is -0.367. The van der Waals surface area contributed by atoms with Crippen LogP contribution in [0.15, 0.2) is 18.2 Å². The number of ketones is 1. The molecule has 1 atom stereocenters. The Kier molecular flexibility index (Phi) is 9.05. The number of nitrogens with one attached hydrogen (secondary N) is 1. The van der Waals surface area contributed by atoms with E-state index in [1.165, 1.54) is 6.07 Å². The lowest BCUT2D eigenvalue weighted by Gasteiger charge is -2.23. The first-order chi connectivity index (χ1) is 12.1. The van der Waals surface area contributed by atoms with E-state index in [0.717, 1.165) is 0 Å². The van der Waals surface area contributed by atoms with Crippen molar-refractivity contribution in [2.45, 2.75) is 52.2 Å². The van der Waals surface area contributed by atoms with Crippen molar-refractivity contribution in [3.8, 4) is 5.75 Å². The molecule has 26 heavy (non-hydrogen) atoms. The first kappa shape index (κ1) is 22.4. The zero-order valence-electron chi connectivity index (χ0n) is 15.8. The van der Waals surface area contributed by atoms with Gasteiger partial charge in [-0.2, -0.15) is 0 Å². The fourth-order valence-corrected chi connectivity index (χ4v) is 2.26. The molecule has 0 saturated heterocycles. The highest BCUT2D eigenvalue weighted by Crippen LogP contribution is 2.25. The van der Waals surface area contributed by atoms with Crippen LogP contribution in [-0.2, 0) is 9.53 Å². The van der Waals surface area contributed by atoms with Gasteiger partial charge in [0.05, 0.1) is 18.6 Å². The number of esters is 1. The molecule has 7 heteroatoms. The van der Waals surface area contributed by atoms with Gasteiger partial charge in [0, 0.05) is 23.5 Å². The second kappa shape index (κ2) is 10.5. The van der Waals surface area contributed by atoms with E-state index in [2.05, 4.69) is 5.32 Å². The average Bonchev–Trinajstić information content (AvgIpc) is 2.55. The standard InChI is InChI=1S/C19H28ClNO5/c1-5-25-18(24)9-8-16(23)15-7-6-13(20)10-17(15)26-12-14(22)11-21-19(2,3)4/h6-7,10,14,21-22H,5,8-9,11-12H2,1-4H3. The van der Waals surface area contributed by atoms with Crippen LogP contribution in [0.2, 0.25) is 5.02 Å². The highest BCUT2D eigenvalue weighted by molar-refractivity contribution is 6.30. The fourth-order valence-electron chi connectivity index (χ4n) is 2.10. The highest BCUT2D eigenvalue weighted by atomic mass is 35.5. The lowest BCUT2D eigenvalue weighted by Crippen LogP contribution is -2.42. The molecular formula is C19H28ClNO5. The van der Waals surface area contributed by atoms with Crippen molar-refractivity contribution in [1.82, 2.24) is 5.32 Å². The average molecular weight is 386 g/mol. The number of ether oxygens (including phenoxy) is 2. The number of carbonyl (C=O) groups is 2. The number of carbonyl (C=O) groups excluding carboxylic acids is 2. The number of Topliss-reactive ketones (excluding diaryl/α,β-unsaturated/α-hetero) is 1. The second-order valence-electron chi connectivity index (χ2n) is 6.96. The number of rotatable bonds is 10. The summed E-state index contributed by atoms with van der Waals surface area (Å²) < 4.78 is 10.4. The maximum atomic E-state index is 12.4. The Hall–Kier alpha value is -1.63. The molecule has 0 bridgehead atoms. The Bertz CT molecular complexity index is 612. The van der Waals surface area contributed by atoms with Gasteiger partial charge in [-0.15, -0.1) is 0 Å². The zero-order valence-corrected chi connectivity index (χ0v) is 16.6. The number of aliphatic hydroxyl groups is 1. The van der Waals surface area contributed by atoms with Gasteiger partial charge in [0.2, 0.25) is 0 Å². The number of aliphatic hydroxyl groups excluding tert-OH is 1. The summed E-state index contributed by atoms with van der Waals surface area (Å²) in [7, 11) is 0. The quantitative estimate of drug-likeness (QED) is 0.475. The Morgan fingerprint density at radius 1 is 1.27 bits per heavy atom. The molecule has 0 heterocycles. The molecule has 0 fully saturated rings. The molecule has 0 spiro atoms. The van der Waals surface area contributed by atoms with Crippen molar-refractivity contribution in [2.24, 2.45) is 0 Å². The predicted molar refractivity (Wildman–Crippen MR) is 101 cm³/mol. The van der Waals surface area contributed by atoms with Gasteiger partial charge >= 0.3 is 5.97 Å². The third-order valence-electron chi connectivity index (χ3n) is 3.40. The van der Waals surface area contributed by atoms with Gasteiger partial charge in [0.1, 0.15) is 18.5 Å². The van der Waals surface area contributed by atoms with Gasteiger partial charge < -0.3 is 19.9 Å². The zero-order chi connectivity index (χ0) is 19.7. The van der Waals surface area contributed by atoms with Crippen molar-refractivity contribution in [2.75, 3.05) is 19.8 Å². The van der Waals surface area contributed by atoms with Gasteiger partial charge in [-0.1, -0.05) is 11.6 Å². The fraction of sp³-hybridized carbons (Fsp3) is 0.579. The number of benzene rings is 1. The molecular weight excluding hydrogens is 358 g/mol. The van der Waals surface area contributed by atoms with E-state index >= 15 is 0 Å². The topological polar surface area (TPSA) is 84.9 Å². The number of β-amino-alcohol motifs (C(OH)–C–C–N with tert-alkyl or cyclic N) is 1. The largest absolute Gasteiger partial charge is 0.490 e. The van der Waals surface area contributed by atoms with E-state index in [-0.39, 0.29) is 37.4 Å². The van der Waals surface area contributed by atoms with Crippen molar-refractivity contribution >= 4 is 23.4 Å². The third kappa shape index (κ3) is 8.65. The van der Waals surface area contributed by atoms with Gasteiger partial charge in [-0.05, 0) is 45.9 Å². The summed E-state index contributed by atoms with van der Waals surface area (Å²) in [6.45, 7) is 8.36. The SMILES string of the molecule is CCOC(=O)CCC(=O)c1ccc(Cl)cc1OCC(O)CNC(C)(C)C. The van der Waals surface area contributed by atoms with Crippen LogP contribution >= 0.6 is 11.6 Å². The Morgan fingerprint density at radius 2 is 1.96 bits per heavy atom. The van der Waals surface area contributed by atoms with E-state index in [4.69, 9.17) is 21.1 Å². The first-order valence-electron chi connectivity index (χ1n) is 8.66. The number of hydrogen-bond donors (Lipinski definition) is 2. The predicted octanol–water partition coefficient (Wildman–Crippen LogP) is 2.99. The van der Waals surface area contributed by atoms with Crippen LogP contribution in [0.5, 0.6) is 5.75 Å². The van der Waals surface area contributed by atoms with Crippen LogP contribution in [0, 0.1) is 0 Å². The summed E-state index contributed by atoms with van der Waals surface area (Å²) in [5, 5.41) is 13.6. The molecule has 0 amide bonds. The summed E-state index contributed by atoms with van der Waals surface area (Å²) in [5.41, 5.74) is 0.209. The van der Waals surface area contributed by atoms with Crippen LogP contribution in [0.1, 0.15) is 50.9 Å². The highest BCUT2D eigenvalue weighted by Gasteiger charge is 2.17. The number of halogens is 1. The van der Waals surface area contributed by atoms with E-state index in [9.17, 15) is 14.7 Å². The van der Waals surface area contributed by atoms with Crippen molar-refractivity contribution in [3.05, 3.63) is 28.8 Å². The molecule has 0 aliphatic heterocycles. The third-order valence-corrected chi connectivity index (χ3v) is 3.64. The smallest absolute Gasteiger partial charge is 0.306 e. The molecule has 1 aromatic carbocycles. The van der Waals surface area contributed by atoms with Gasteiger partial charge in [0.15, 0.2) is 5.78 Å². The van der Waals surface area contributed by atoms with Crippen molar-refractivity contribution < 1.29 is 24.2 Å². The molecule has 0 aliphatic carbocycles. The minimum atomic E-state index is -0.740. The molecule has 0 aromatic heterocycles. The van der Waals surface area contributed by atoms with Crippen LogP contribution in [0.25, 0.3) is 0 Å². The molecule has 2 N–H and O–H groups in total. The van der Waals surface area contributed by atoms with E-state index in [1.54, 1.807) is 19.1 Å². The molecule has 0 aliphatic rings. The normalized spacial score (nSPS) is 12.5. The Balaban J connectivity index is 2.68. The summed E-state index contributed by atoms with van der Waals surface area (Å²) in [6.07, 6.45) is -0.714. The minimum Gasteiger partial charge on any atom is -0.490 e. The molecule has 146 valence electrons. The first-order valence-corrected chi connectivity index (χ1v) is 9.04.